The Morgan fingerprint density at radius 1 is 1.55 bits per heavy atom. The minimum atomic E-state index is -1.22. The Labute approximate surface area is 64.7 Å². The fraction of sp³-hybridized carbons (Fsp3) is 0.250. The molecule has 0 saturated carbocycles. The Morgan fingerprint density at radius 2 is 2.18 bits per heavy atom. The standard InChI is InChI=1S/C8H9NO2/c1-5-3-6(2)7(8(10)11)9-4-5/h3-4H,1-2H3,(H,10,11)/p-1. The summed E-state index contributed by atoms with van der Waals surface area (Å²) in [6, 6.07) is 1.76. The van der Waals surface area contributed by atoms with Gasteiger partial charge < -0.3 is 9.90 Å². The summed E-state index contributed by atoms with van der Waals surface area (Å²) in [5.41, 5.74) is 1.62. The molecule has 1 aromatic rings. The number of carboxylic acids is 1. The molecule has 3 heteroatoms. The van der Waals surface area contributed by atoms with Crippen LogP contribution in [-0.4, -0.2) is 11.0 Å². The maximum atomic E-state index is 10.4. The Balaban J connectivity index is 3.20. The highest BCUT2D eigenvalue weighted by Gasteiger charge is 1.99. The van der Waals surface area contributed by atoms with E-state index in [1.54, 1.807) is 13.0 Å². The summed E-state index contributed by atoms with van der Waals surface area (Å²) in [5.74, 6) is -1.22. The first kappa shape index (κ1) is 7.72. The van der Waals surface area contributed by atoms with Gasteiger partial charge in [-0.3, -0.25) is 4.98 Å². The zero-order valence-corrected chi connectivity index (χ0v) is 6.42. The molecule has 1 heterocycles. The highest BCUT2D eigenvalue weighted by molar-refractivity contribution is 5.85. The maximum Gasteiger partial charge on any atom is 0.0902 e. The van der Waals surface area contributed by atoms with Gasteiger partial charge in [0.2, 0.25) is 0 Å². The summed E-state index contributed by atoms with van der Waals surface area (Å²) in [4.78, 5) is 14.1. The lowest BCUT2D eigenvalue weighted by atomic mass is 10.2. The van der Waals surface area contributed by atoms with E-state index in [0.717, 1.165) is 5.56 Å². The molecule has 0 aliphatic heterocycles. The average molecular weight is 150 g/mol. The molecule has 0 saturated heterocycles. The number of aryl methyl sites for hydroxylation is 2. The molecule has 1 aromatic heterocycles. The third-order valence-electron chi connectivity index (χ3n) is 1.41. The third-order valence-corrected chi connectivity index (χ3v) is 1.41. The topological polar surface area (TPSA) is 53.0 Å². The lowest BCUT2D eigenvalue weighted by Gasteiger charge is -2.04. The molecule has 1 rings (SSSR count). The minimum absolute atomic E-state index is 0.0237. The fourth-order valence-electron chi connectivity index (χ4n) is 0.929. The van der Waals surface area contributed by atoms with Crippen LogP contribution in [-0.2, 0) is 0 Å². The summed E-state index contributed by atoms with van der Waals surface area (Å²) < 4.78 is 0. The quantitative estimate of drug-likeness (QED) is 0.569. The van der Waals surface area contributed by atoms with Crippen LogP contribution in [0.3, 0.4) is 0 Å². The largest absolute Gasteiger partial charge is 0.543 e. The molecule has 0 N–H and O–H groups in total. The number of hydrogen-bond donors (Lipinski definition) is 0. The number of carbonyl (C=O) groups is 1. The van der Waals surface area contributed by atoms with Gasteiger partial charge in [0, 0.05) is 6.20 Å². The van der Waals surface area contributed by atoms with Crippen LogP contribution in [0.1, 0.15) is 21.6 Å². The van der Waals surface area contributed by atoms with Crippen molar-refractivity contribution in [2.75, 3.05) is 0 Å². The molecule has 0 bridgehead atoms. The molecule has 0 atom stereocenters. The average Bonchev–Trinajstić information content (AvgIpc) is 1.85. The monoisotopic (exact) mass is 150 g/mol. The molecule has 0 fully saturated rings. The van der Waals surface area contributed by atoms with Crippen LogP contribution in [0.4, 0.5) is 0 Å². The van der Waals surface area contributed by atoms with Crippen molar-refractivity contribution in [2.24, 2.45) is 0 Å². The highest BCUT2D eigenvalue weighted by atomic mass is 16.4. The Hall–Kier alpha value is -1.38. The second-order valence-corrected chi connectivity index (χ2v) is 2.47. The minimum Gasteiger partial charge on any atom is -0.543 e. The van der Waals surface area contributed by atoms with E-state index in [2.05, 4.69) is 4.98 Å². The van der Waals surface area contributed by atoms with Crippen molar-refractivity contribution in [3.63, 3.8) is 0 Å². The van der Waals surface area contributed by atoms with Crippen molar-refractivity contribution >= 4 is 5.97 Å². The van der Waals surface area contributed by atoms with Crippen LogP contribution in [0.2, 0.25) is 0 Å². The van der Waals surface area contributed by atoms with Crippen molar-refractivity contribution in [3.8, 4) is 0 Å². The van der Waals surface area contributed by atoms with Crippen LogP contribution in [0.25, 0.3) is 0 Å². The first-order chi connectivity index (χ1) is 5.11. The smallest absolute Gasteiger partial charge is 0.0902 e. The van der Waals surface area contributed by atoms with Crippen LogP contribution in [0, 0.1) is 13.8 Å². The van der Waals surface area contributed by atoms with E-state index in [1.807, 2.05) is 6.92 Å². The third kappa shape index (κ3) is 1.55. The van der Waals surface area contributed by atoms with Gasteiger partial charge in [-0.2, -0.15) is 0 Å². The number of aromatic nitrogens is 1. The zero-order valence-electron chi connectivity index (χ0n) is 6.42. The summed E-state index contributed by atoms with van der Waals surface area (Å²) in [6.45, 7) is 3.56. The molecule has 0 aromatic carbocycles. The predicted octanol–water partition coefficient (Wildman–Crippen LogP) is 0.0619. The number of pyridine rings is 1. The number of carbonyl (C=O) groups excluding carboxylic acids is 1. The van der Waals surface area contributed by atoms with E-state index in [9.17, 15) is 9.90 Å². The molecule has 0 spiro atoms. The molecule has 0 radical (unpaired) electrons. The fourth-order valence-corrected chi connectivity index (χ4v) is 0.929. The van der Waals surface area contributed by atoms with Gasteiger partial charge in [-0.15, -0.1) is 0 Å². The Morgan fingerprint density at radius 3 is 2.64 bits per heavy atom. The number of nitrogens with zero attached hydrogens (tertiary/aromatic N) is 1. The van der Waals surface area contributed by atoms with Crippen molar-refractivity contribution in [2.45, 2.75) is 13.8 Å². The Kier molecular flexibility index (Phi) is 1.89. The van der Waals surface area contributed by atoms with E-state index >= 15 is 0 Å². The van der Waals surface area contributed by atoms with Gasteiger partial charge in [0.25, 0.3) is 0 Å². The van der Waals surface area contributed by atoms with Crippen LogP contribution < -0.4 is 5.11 Å². The van der Waals surface area contributed by atoms with E-state index in [0.29, 0.717) is 5.56 Å². The van der Waals surface area contributed by atoms with Crippen molar-refractivity contribution in [1.29, 1.82) is 0 Å². The maximum absolute atomic E-state index is 10.4. The van der Waals surface area contributed by atoms with Crippen LogP contribution in [0.5, 0.6) is 0 Å². The number of hydrogen-bond acceptors (Lipinski definition) is 3. The number of aromatic carboxylic acids is 1. The molecule has 58 valence electrons. The van der Waals surface area contributed by atoms with Crippen molar-refractivity contribution in [1.82, 2.24) is 4.98 Å². The van der Waals surface area contributed by atoms with Crippen LogP contribution >= 0.6 is 0 Å². The van der Waals surface area contributed by atoms with Gasteiger partial charge in [0.15, 0.2) is 0 Å². The van der Waals surface area contributed by atoms with Gasteiger partial charge in [-0.05, 0) is 25.0 Å². The Bertz CT molecular complexity index is 294. The van der Waals surface area contributed by atoms with Gasteiger partial charge in [0.05, 0.1) is 11.7 Å². The number of carboxylic acid groups (broad SMARTS) is 1. The van der Waals surface area contributed by atoms with Gasteiger partial charge in [-0.1, -0.05) is 6.07 Å². The van der Waals surface area contributed by atoms with Crippen molar-refractivity contribution < 1.29 is 9.90 Å². The zero-order chi connectivity index (χ0) is 8.43. The summed E-state index contributed by atoms with van der Waals surface area (Å²) in [6.07, 6.45) is 1.51. The molecule has 0 aliphatic rings. The first-order valence-electron chi connectivity index (χ1n) is 3.26. The van der Waals surface area contributed by atoms with Gasteiger partial charge in [0.1, 0.15) is 0 Å². The predicted molar refractivity (Wildman–Crippen MR) is 38.0 cm³/mol. The summed E-state index contributed by atoms with van der Waals surface area (Å²) >= 11 is 0. The molecule has 0 amide bonds. The van der Waals surface area contributed by atoms with E-state index in [1.165, 1.54) is 6.20 Å². The van der Waals surface area contributed by atoms with Crippen LogP contribution in [0.15, 0.2) is 12.3 Å². The van der Waals surface area contributed by atoms with E-state index in [4.69, 9.17) is 0 Å². The van der Waals surface area contributed by atoms with E-state index in [-0.39, 0.29) is 5.69 Å². The summed E-state index contributed by atoms with van der Waals surface area (Å²) in [5, 5.41) is 10.4. The normalized spacial score (nSPS) is 9.64. The lowest BCUT2D eigenvalue weighted by molar-refractivity contribution is -0.255. The molecular formula is C8H8NO2-. The van der Waals surface area contributed by atoms with Gasteiger partial charge in [-0.25, -0.2) is 0 Å². The number of rotatable bonds is 1. The molecule has 0 unspecified atom stereocenters. The highest BCUT2D eigenvalue weighted by Crippen LogP contribution is 2.04. The van der Waals surface area contributed by atoms with E-state index < -0.39 is 5.97 Å². The second-order valence-electron chi connectivity index (χ2n) is 2.47. The second kappa shape index (κ2) is 2.70. The molecular weight excluding hydrogens is 142 g/mol. The lowest BCUT2D eigenvalue weighted by Crippen LogP contribution is -2.24. The molecule has 0 aliphatic carbocycles. The molecule has 3 nitrogen and oxygen atoms in total. The van der Waals surface area contributed by atoms with Gasteiger partial charge >= 0.3 is 0 Å². The first-order valence-corrected chi connectivity index (χ1v) is 3.26. The molecule has 11 heavy (non-hydrogen) atoms. The van der Waals surface area contributed by atoms with Crippen molar-refractivity contribution in [3.05, 3.63) is 29.1 Å². The SMILES string of the molecule is Cc1cnc(C(=O)[O-])c(C)c1. The summed E-state index contributed by atoms with van der Waals surface area (Å²) in [7, 11) is 0.